The second-order valence-corrected chi connectivity index (χ2v) is 4.60. The third-order valence-corrected chi connectivity index (χ3v) is 3.03. The van der Waals surface area contributed by atoms with Crippen molar-refractivity contribution < 1.29 is 4.39 Å². The van der Waals surface area contributed by atoms with E-state index < -0.39 is 0 Å². The van der Waals surface area contributed by atoms with Gasteiger partial charge in [-0.3, -0.25) is 4.98 Å². The van der Waals surface area contributed by atoms with E-state index in [1.54, 1.807) is 25.5 Å². The van der Waals surface area contributed by atoms with Gasteiger partial charge in [0.25, 0.3) is 0 Å². The van der Waals surface area contributed by atoms with Crippen LogP contribution in [0.1, 0.15) is 5.56 Å². The zero-order valence-corrected chi connectivity index (χ0v) is 11.5. The summed E-state index contributed by atoms with van der Waals surface area (Å²) in [7, 11) is 1.76. The Labute approximate surface area is 113 Å². The number of halogens is 2. The van der Waals surface area contributed by atoms with E-state index in [9.17, 15) is 4.39 Å². The smallest absolute Gasteiger partial charge is 0.151 e. The first-order chi connectivity index (χ1) is 8.60. The van der Waals surface area contributed by atoms with Gasteiger partial charge in [-0.15, -0.1) is 0 Å². The van der Waals surface area contributed by atoms with Gasteiger partial charge in [0.15, 0.2) is 5.82 Å². The molecule has 0 unspecified atom stereocenters. The highest BCUT2D eigenvalue weighted by Crippen LogP contribution is 2.26. The topological polar surface area (TPSA) is 49.8 Å². The van der Waals surface area contributed by atoms with Crippen LogP contribution >= 0.6 is 15.9 Å². The summed E-state index contributed by atoms with van der Waals surface area (Å²) in [6.07, 6.45) is 3.19. The fourth-order valence-corrected chi connectivity index (χ4v) is 1.92. The van der Waals surface area contributed by atoms with Crippen molar-refractivity contribution in [1.82, 2.24) is 9.97 Å². The van der Waals surface area contributed by atoms with Crippen LogP contribution < -0.4 is 10.6 Å². The lowest BCUT2D eigenvalue weighted by molar-refractivity contribution is 0.621. The number of anilines is 3. The highest BCUT2D eigenvalue weighted by Gasteiger charge is 2.06. The Hall–Kier alpha value is -1.69. The largest absolute Gasteiger partial charge is 0.372 e. The number of benzene rings is 1. The van der Waals surface area contributed by atoms with E-state index in [1.165, 1.54) is 6.07 Å². The van der Waals surface area contributed by atoms with E-state index >= 15 is 0 Å². The van der Waals surface area contributed by atoms with E-state index in [0.717, 1.165) is 5.56 Å². The van der Waals surface area contributed by atoms with Gasteiger partial charge in [0.1, 0.15) is 11.6 Å². The highest BCUT2D eigenvalue weighted by molar-refractivity contribution is 9.10. The summed E-state index contributed by atoms with van der Waals surface area (Å²) in [6.45, 7) is 1.89. The van der Waals surface area contributed by atoms with Crippen molar-refractivity contribution in [1.29, 1.82) is 0 Å². The Bertz CT molecular complexity index is 574. The number of aromatic nitrogens is 2. The quantitative estimate of drug-likeness (QED) is 0.911. The molecule has 2 aromatic rings. The van der Waals surface area contributed by atoms with Crippen molar-refractivity contribution in [3.63, 3.8) is 0 Å². The molecule has 1 aromatic heterocycles. The zero-order chi connectivity index (χ0) is 13.1. The van der Waals surface area contributed by atoms with Gasteiger partial charge in [-0.25, -0.2) is 9.37 Å². The minimum atomic E-state index is -0.319. The molecular formula is C12H12BrFN4. The van der Waals surface area contributed by atoms with E-state index in [1.807, 2.05) is 6.92 Å². The van der Waals surface area contributed by atoms with Gasteiger partial charge < -0.3 is 10.6 Å². The van der Waals surface area contributed by atoms with Gasteiger partial charge in [-0.2, -0.15) is 0 Å². The molecule has 0 aliphatic carbocycles. The first-order valence-electron chi connectivity index (χ1n) is 5.32. The van der Waals surface area contributed by atoms with Crippen LogP contribution in [-0.2, 0) is 0 Å². The predicted octanol–water partition coefficient (Wildman–Crippen LogP) is 3.47. The second-order valence-electron chi connectivity index (χ2n) is 3.75. The van der Waals surface area contributed by atoms with Crippen LogP contribution in [0.4, 0.5) is 21.7 Å². The minimum absolute atomic E-state index is 0.319. The summed E-state index contributed by atoms with van der Waals surface area (Å²) in [5, 5.41) is 5.93. The summed E-state index contributed by atoms with van der Waals surface area (Å²) in [5.74, 6) is 0.891. The van der Waals surface area contributed by atoms with Crippen molar-refractivity contribution in [2.24, 2.45) is 0 Å². The first-order valence-corrected chi connectivity index (χ1v) is 6.12. The number of nitrogens with zero attached hydrogens (tertiary/aromatic N) is 2. The monoisotopic (exact) mass is 310 g/mol. The summed E-state index contributed by atoms with van der Waals surface area (Å²) in [6, 6.07) is 3.14. The van der Waals surface area contributed by atoms with Crippen LogP contribution in [0.2, 0.25) is 0 Å². The van der Waals surface area contributed by atoms with Crippen LogP contribution in [0.3, 0.4) is 0 Å². The molecule has 0 bridgehead atoms. The fourth-order valence-electron chi connectivity index (χ4n) is 1.47. The van der Waals surface area contributed by atoms with Crippen LogP contribution in [0.25, 0.3) is 0 Å². The molecule has 0 fully saturated rings. The maximum atomic E-state index is 13.5. The summed E-state index contributed by atoms with van der Waals surface area (Å²) in [5.41, 5.74) is 1.58. The van der Waals surface area contributed by atoms with Gasteiger partial charge in [0.2, 0.25) is 0 Å². The number of nitrogens with one attached hydrogen (secondary N) is 2. The standard InChI is InChI=1S/C12H12BrFN4/c1-7-3-8(13)9(14)4-10(7)17-12-6-16-5-11(15-2)18-12/h3-6H,1-2H3,(H2,15,17,18). The molecule has 0 saturated carbocycles. The summed E-state index contributed by atoms with van der Waals surface area (Å²) >= 11 is 3.15. The van der Waals surface area contributed by atoms with E-state index in [0.29, 0.717) is 21.8 Å². The molecule has 0 aliphatic heterocycles. The van der Waals surface area contributed by atoms with Gasteiger partial charge in [-0.1, -0.05) is 0 Å². The van der Waals surface area contributed by atoms with Crippen LogP contribution in [0.5, 0.6) is 0 Å². The van der Waals surface area contributed by atoms with Crippen molar-refractivity contribution in [3.8, 4) is 0 Å². The van der Waals surface area contributed by atoms with Crippen molar-refractivity contribution in [2.75, 3.05) is 17.7 Å². The second kappa shape index (κ2) is 5.30. The van der Waals surface area contributed by atoms with Crippen LogP contribution in [0.15, 0.2) is 29.0 Å². The van der Waals surface area contributed by atoms with E-state index in [4.69, 9.17) is 0 Å². The first kappa shape index (κ1) is 12.8. The molecule has 2 rings (SSSR count). The lowest BCUT2D eigenvalue weighted by Crippen LogP contribution is -2.00. The third kappa shape index (κ3) is 2.76. The SMILES string of the molecule is CNc1cncc(Nc2cc(F)c(Br)cc2C)n1. The zero-order valence-electron chi connectivity index (χ0n) is 9.96. The summed E-state index contributed by atoms with van der Waals surface area (Å²) in [4.78, 5) is 8.29. The van der Waals surface area contributed by atoms with Gasteiger partial charge in [0.05, 0.1) is 16.9 Å². The van der Waals surface area contributed by atoms with Crippen LogP contribution in [-0.4, -0.2) is 17.0 Å². The summed E-state index contributed by atoms with van der Waals surface area (Å²) < 4.78 is 13.9. The Morgan fingerprint density at radius 3 is 2.67 bits per heavy atom. The fraction of sp³-hybridized carbons (Fsp3) is 0.167. The van der Waals surface area contributed by atoms with Gasteiger partial charge in [-0.05, 0) is 40.5 Å². The molecule has 0 amide bonds. The van der Waals surface area contributed by atoms with Crippen molar-refractivity contribution >= 4 is 33.3 Å². The molecule has 0 aliphatic rings. The molecule has 94 valence electrons. The Morgan fingerprint density at radius 2 is 1.94 bits per heavy atom. The molecule has 4 nitrogen and oxygen atoms in total. The predicted molar refractivity (Wildman–Crippen MR) is 73.7 cm³/mol. The molecule has 6 heteroatoms. The molecule has 1 heterocycles. The lowest BCUT2D eigenvalue weighted by atomic mass is 10.2. The number of hydrogen-bond acceptors (Lipinski definition) is 4. The molecule has 1 aromatic carbocycles. The molecular weight excluding hydrogens is 299 g/mol. The third-order valence-electron chi connectivity index (χ3n) is 2.42. The number of rotatable bonds is 3. The molecule has 0 radical (unpaired) electrons. The van der Waals surface area contributed by atoms with Crippen molar-refractivity contribution in [3.05, 3.63) is 40.4 Å². The average molecular weight is 311 g/mol. The Morgan fingerprint density at radius 1 is 1.22 bits per heavy atom. The van der Waals surface area contributed by atoms with Crippen molar-refractivity contribution in [2.45, 2.75) is 6.92 Å². The maximum absolute atomic E-state index is 13.5. The molecule has 0 saturated heterocycles. The highest BCUT2D eigenvalue weighted by atomic mass is 79.9. The minimum Gasteiger partial charge on any atom is -0.372 e. The molecule has 18 heavy (non-hydrogen) atoms. The van der Waals surface area contributed by atoms with Crippen LogP contribution in [0, 0.1) is 12.7 Å². The maximum Gasteiger partial charge on any atom is 0.151 e. The van der Waals surface area contributed by atoms with E-state index in [-0.39, 0.29) is 5.82 Å². The molecule has 2 N–H and O–H groups in total. The van der Waals surface area contributed by atoms with E-state index in [2.05, 4.69) is 36.5 Å². The lowest BCUT2D eigenvalue weighted by Gasteiger charge is -2.10. The number of hydrogen-bond donors (Lipinski definition) is 2. The molecule has 0 atom stereocenters. The number of aryl methyl sites for hydroxylation is 1. The normalized spacial score (nSPS) is 10.2. The Balaban J connectivity index is 2.30. The Kier molecular flexibility index (Phi) is 3.76. The average Bonchev–Trinajstić information content (AvgIpc) is 2.36. The van der Waals surface area contributed by atoms with Gasteiger partial charge >= 0.3 is 0 Å². The molecule has 0 spiro atoms. The van der Waals surface area contributed by atoms with Gasteiger partial charge in [0, 0.05) is 12.7 Å².